The summed E-state index contributed by atoms with van der Waals surface area (Å²) in [4.78, 5) is 13.0. The predicted molar refractivity (Wildman–Crippen MR) is 87.6 cm³/mol. The van der Waals surface area contributed by atoms with Crippen LogP contribution >= 0.6 is 15.9 Å². The van der Waals surface area contributed by atoms with E-state index in [1.54, 1.807) is 12.4 Å². The lowest BCUT2D eigenvalue weighted by Crippen LogP contribution is -1.83. The van der Waals surface area contributed by atoms with Crippen molar-refractivity contribution in [2.45, 2.75) is 13.3 Å². The Bertz CT molecular complexity index is 993. The highest BCUT2D eigenvalue weighted by Crippen LogP contribution is 2.26. The van der Waals surface area contributed by atoms with E-state index < -0.39 is 0 Å². The van der Waals surface area contributed by atoms with Crippen LogP contribution in [0.5, 0.6) is 0 Å². The number of hydrogen-bond donors (Lipinski definition) is 0. The van der Waals surface area contributed by atoms with E-state index in [2.05, 4.69) is 36.0 Å². The van der Waals surface area contributed by atoms with Crippen molar-refractivity contribution in [2.24, 2.45) is 0 Å². The predicted octanol–water partition coefficient (Wildman–Crippen LogP) is 4.26. The van der Waals surface area contributed by atoms with Gasteiger partial charge in [-0.05, 0) is 40.2 Å². The van der Waals surface area contributed by atoms with Crippen LogP contribution in [0.1, 0.15) is 12.8 Å². The Morgan fingerprint density at radius 1 is 1.09 bits per heavy atom. The summed E-state index contributed by atoms with van der Waals surface area (Å²) in [6.45, 7) is 2.00. The van der Waals surface area contributed by atoms with E-state index >= 15 is 0 Å². The molecule has 0 aliphatic carbocycles. The molecule has 3 heterocycles. The van der Waals surface area contributed by atoms with Crippen LogP contribution in [0, 0.1) is 0 Å². The highest BCUT2D eigenvalue weighted by molar-refractivity contribution is 9.10. The van der Waals surface area contributed by atoms with Gasteiger partial charge in [-0.25, -0.2) is 4.98 Å². The zero-order valence-electron chi connectivity index (χ0n) is 12.2. The van der Waals surface area contributed by atoms with E-state index in [9.17, 15) is 0 Å². The second-order valence-electron chi connectivity index (χ2n) is 4.96. The lowest BCUT2D eigenvalue weighted by atomic mass is 10.2. The maximum atomic E-state index is 5.61. The number of rotatable bonds is 3. The molecular formula is C16H11BrN4O2. The van der Waals surface area contributed by atoms with Crippen molar-refractivity contribution < 1.29 is 8.94 Å². The highest BCUT2D eigenvalue weighted by atomic mass is 79.9. The fourth-order valence-electron chi connectivity index (χ4n) is 2.25. The molecule has 0 bridgehead atoms. The van der Waals surface area contributed by atoms with Gasteiger partial charge >= 0.3 is 0 Å². The summed E-state index contributed by atoms with van der Waals surface area (Å²) in [6, 6.07) is 7.53. The van der Waals surface area contributed by atoms with Crippen LogP contribution < -0.4 is 0 Å². The molecule has 0 amide bonds. The third-order valence-corrected chi connectivity index (χ3v) is 3.80. The molecule has 114 valence electrons. The lowest BCUT2D eigenvalue weighted by Gasteiger charge is -1.94. The van der Waals surface area contributed by atoms with Crippen LogP contribution in [-0.2, 0) is 6.42 Å². The van der Waals surface area contributed by atoms with E-state index in [-0.39, 0.29) is 0 Å². The third kappa shape index (κ3) is 2.63. The summed E-state index contributed by atoms with van der Waals surface area (Å²) >= 11 is 3.38. The largest absolute Gasteiger partial charge is 0.441 e. The first-order valence-corrected chi connectivity index (χ1v) is 7.86. The normalized spacial score (nSPS) is 11.2. The zero-order valence-corrected chi connectivity index (χ0v) is 13.7. The van der Waals surface area contributed by atoms with Gasteiger partial charge in [0.1, 0.15) is 5.52 Å². The van der Waals surface area contributed by atoms with Gasteiger partial charge in [0.15, 0.2) is 11.5 Å². The molecule has 0 saturated heterocycles. The minimum atomic E-state index is 0.420. The molecule has 0 aliphatic heterocycles. The molecule has 0 radical (unpaired) electrons. The first-order chi connectivity index (χ1) is 11.2. The third-order valence-electron chi connectivity index (χ3n) is 3.37. The molecule has 4 aromatic rings. The van der Waals surface area contributed by atoms with Crippen LogP contribution in [0.4, 0.5) is 0 Å². The zero-order chi connectivity index (χ0) is 15.8. The van der Waals surface area contributed by atoms with Gasteiger partial charge in [-0.3, -0.25) is 4.98 Å². The summed E-state index contributed by atoms with van der Waals surface area (Å²) in [5, 5.41) is 4.04. The minimum Gasteiger partial charge on any atom is -0.441 e. The van der Waals surface area contributed by atoms with Crippen LogP contribution in [0.2, 0.25) is 0 Å². The molecule has 3 aromatic heterocycles. The number of aromatic nitrogens is 4. The number of aryl methyl sites for hydroxylation is 1. The van der Waals surface area contributed by atoms with Gasteiger partial charge < -0.3 is 8.94 Å². The molecule has 0 N–H and O–H groups in total. The monoisotopic (exact) mass is 370 g/mol. The van der Waals surface area contributed by atoms with Crippen LogP contribution in [0.3, 0.4) is 0 Å². The van der Waals surface area contributed by atoms with E-state index in [1.807, 2.05) is 31.2 Å². The Morgan fingerprint density at radius 2 is 2.00 bits per heavy atom. The van der Waals surface area contributed by atoms with Crippen molar-refractivity contribution in [3.05, 3.63) is 47.0 Å². The molecule has 0 fully saturated rings. The number of pyridine rings is 1. The smallest absolute Gasteiger partial charge is 0.259 e. The van der Waals surface area contributed by atoms with Crippen LogP contribution in [0.25, 0.3) is 33.9 Å². The summed E-state index contributed by atoms with van der Waals surface area (Å²) in [7, 11) is 0. The number of nitrogens with zero attached hydrogens (tertiary/aromatic N) is 4. The molecule has 1 aromatic carbocycles. The number of benzene rings is 1. The standard InChI is InChI=1S/C16H11BrN4O2/c1-2-14-19-12-6-9(3-4-13(12)22-14)15-20-16(23-21-15)10-5-11(17)8-18-7-10/h3-8H,2H2,1H3. The molecule has 0 atom stereocenters. The van der Waals surface area contributed by atoms with E-state index in [0.717, 1.165) is 33.1 Å². The molecule has 6 nitrogen and oxygen atoms in total. The first-order valence-electron chi connectivity index (χ1n) is 7.07. The molecule has 23 heavy (non-hydrogen) atoms. The van der Waals surface area contributed by atoms with Crippen LogP contribution in [0.15, 0.2) is 50.1 Å². The maximum absolute atomic E-state index is 5.61. The summed E-state index contributed by atoms with van der Waals surface area (Å²) in [5.41, 5.74) is 3.13. The Labute approximate surface area is 139 Å². The van der Waals surface area contributed by atoms with Gasteiger partial charge in [-0.2, -0.15) is 4.98 Å². The molecule has 0 aliphatic rings. The quantitative estimate of drug-likeness (QED) is 0.535. The first kappa shape index (κ1) is 14.1. The Kier molecular flexibility index (Phi) is 3.42. The summed E-state index contributed by atoms with van der Waals surface area (Å²) in [5.74, 6) is 1.64. The topological polar surface area (TPSA) is 77.8 Å². The average Bonchev–Trinajstić information content (AvgIpc) is 3.20. The van der Waals surface area contributed by atoms with Gasteiger partial charge in [0.05, 0.1) is 5.56 Å². The number of fused-ring (bicyclic) bond motifs is 1. The fourth-order valence-corrected chi connectivity index (χ4v) is 2.62. The number of halogens is 1. The van der Waals surface area contributed by atoms with Gasteiger partial charge in [0.2, 0.25) is 5.82 Å². The SMILES string of the molecule is CCc1nc2cc(-c3noc(-c4cncc(Br)c4)n3)ccc2o1. The Balaban J connectivity index is 1.73. The minimum absolute atomic E-state index is 0.420. The van der Waals surface area contributed by atoms with Crippen molar-refractivity contribution >= 4 is 27.0 Å². The van der Waals surface area contributed by atoms with Gasteiger partial charge in [0, 0.05) is 28.9 Å². The Morgan fingerprint density at radius 3 is 2.83 bits per heavy atom. The number of hydrogen-bond acceptors (Lipinski definition) is 6. The van der Waals surface area contributed by atoms with E-state index in [0.29, 0.717) is 17.6 Å². The average molecular weight is 371 g/mol. The number of oxazole rings is 1. The van der Waals surface area contributed by atoms with Gasteiger partial charge in [-0.1, -0.05) is 12.1 Å². The van der Waals surface area contributed by atoms with E-state index in [4.69, 9.17) is 8.94 Å². The molecular weight excluding hydrogens is 360 g/mol. The maximum Gasteiger partial charge on any atom is 0.259 e. The second kappa shape index (κ2) is 5.58. The second-order valence-corrected chi connectivity index (χ2v) is 5.87. The highest BCUT2D eigenvalue weighted by Gasteiger charge is 2.13. The molecule has 4 rings (SSSR count). The van der Waals surface area contributed by atoms with Crippen molar-refractivity contribution in [3.63, 3.8) is 0 Å². The molecule has 7 heteroatoms. The lowest BCUT2D eigenvalue weighted by molar-refractivity contribution is 0.432. The fraction of sp³-hybridized carbons (Fsp3) is 0.125. The van der Waals surface area contributed by atoms with E-state index in [1.165, 1.54) is 0 Å². The van der Waals surface area contributed by atoms with Crippen molar-refractivity contribution in [1.29, 1.82) is 0 Å². The molecule has 0 saturated carbocycles. The molecule has 0 spiro atoms. The van der Waals surface area contributed by atoms with Crippen LogP contribution in [-0.4, -0.2) is 20.1 Å². The van der Waals surface area contributed by atoms with Crippen molar-refractivity contribution in [3.8, 4) is 22.8 Å². The van der Waals surface area contributed by atoms with Crippen molar-refractivity contribution in [2.75, 3.05) is 0 Å². The van der Waals surface area contributed by atoms with Crippen molar-refractivity contribution in [1.82, 2.24) is 20.1 Å². The molecule has 0 unspecified atom stereocenters. The summed E-state index contributed by atoms with van der Waals surface area (Å²) < 4.78 is 11.8. The summed E-state index contributed by atoms with van der Waals surface area (Å²) in [6.07, 6.45) is 4.13. The van der Waals surface area contributed by atoms with Gasteiger partial charge in [-0.15, -0.1) is 0 Å². The van der Waals surface area contributed by atoms with Gasteiger partial charge in [0.25, 0.3) is 5.89 Å². The Hall–Kier alpha value is -2.54.